The molecule has 6 heteroatoms. The minimum atomic E-state index is -2.80. The van der Waals surface area contributed by atoms with Crippen LogP contribution in [0.1, 0.15) is 25.3 Å². The summed E-state index contributed by atoms with van der Waals surface area (Å²) >= 11 is 0. The molecule has 0 bridgehead atoms. The zero-order chi connectivity index (χ0) is 13.7. The molecule has 1 aliphatic heterocycles. The highest BCUT2D eigenvalue weighted by Gasteiger charge is 2.27. The summed E-state index contributed by atoms with van der Waals surface area (Å²) in [4.78, 5) is 0. The number of hydrogen-bond acceptors (Lipinski definition) is 4. The fourth-order valence-corrected chi connectivity index (χ4v) is 3.85. The summed E-state index contributed by atoms with van der Waals surface area (Å²) < 4.78 is 28.2. The summed E-state index contributed by atoms with van der Waals surface area (Å²) in [5.41, 5.74) is 1.15. The fraction of sp³-hybridized carbons (Fsp3) is 0.571. The second kappa shape index (κ2) is 7.86. The van der Waals surface area contributed by atoms with E-state index in [-0.39, 0.29) is 24.2 Å². The van der Waals surface area contributed by atoms with Gasteiger partial charge >= 0.3 is 0 Å². The van der Waals surface area contributed by atoms with Gasteiger partial charge in [-0.25, -0.2) is 8.42 Å². The van der Waals surface area contributed by atoms with Gasteiger partial charge in [0.15, 0.2) is 9.84 Å². The summed E-state index contributed by atoms with van der Waals surface area (Å²) in [5.74, 6) is 1.47. The van der Waals surface area contributed by atoms with Crippen LogP contribution < -0.4 is 10.1 Å². The summed E-state index contributed by atoms with van der Waals surface area (Å²) in [7, 11) is -2.80. The van der Waals surface area contributed by atoms with Gasteiger partial charge in [0.25, 0.3) is 0 Å². The predicted octanol–water partition coefficient (Wildman–Crippen LogP) is 2.17. The van der Waals surface area contributed by atoms with Crippen molar-refractivity contribution in [3.63, 3.8) is 0 Å². The molecule has 0 saturated carbocycles. The lowest BCUT2D eigenvalue weighted by Crippen LogP contribution is -2.29. The Morgan fingerprint density at radius 2 is 2.00 bits per heavy atom. The van der Waals surface area contributed by atoms with Crippen molar-refractivity contribution in [3.05, 3.63) is 29.8 Å². The molecule has 0 radical (unpaired) electrons. The number of hydrogen-bond donors (Lipinski definition) is 1. The highest BCUT2D eigenvalue weighted by molar-refractivity contribution is 7.91. The van der Waals surface area contributed by atoms with Gasteiger partial charge in [0, 0.05) is 12.6 Å². The quantitative estimate of drug-likeness (QED) is 0.873. The molecule has 1 unspecified atom stereocenters. The summed E-state index contributed by atoms with van der Waals surface area (Å²) in [6.45, 7) is 3.51. The monoisotopic (exact) mass is 319 g/mol. The molecule has 1 heterocycles. The second-order valence-corrected chi connectivity index (χ2v) is 7.20. The Hall–Kier alpha value is -0.780. The van der Waals surface area contributed by atoms with Crippen molar-refractivity contribution in [2.45, 2.75) is 32.4 Å². The van der Waals surface area contributed by atoms with Crippen LogP contribution in [-0.2, 0) is 16.4 Å². The molecular weight excluding hydrogens is 298 g/mol. The molecule has 1 atom stereocenters. The lowest BCUT2D eigenvalue weighted by molar-refractivity contribution is 0.317. The van der Waals surface area contributed by atoms with Crippen LogP contribution in [0.4, 0.5) is 0 Å². The smallest absolute Gasteiger partial charge is 0.151 e. The van der Waals surface area contributed by atoms with Gasteiger partial charge in [-0.15, -0.1) is 12.4 Å². The van der Waals surface area contributed by atoms with Crippen molar-refractivity contribution >= 4 is 22.2 Å². The topological polar surface area (TPSA) is 55.4 Å². The standard InChI is InChI=1S/C14H21NO3S.ClH/c1-2-8-18-14-5-3-12(4-6-14)10-15-13-7-9-19(16,17)11-13;/h3-6,13,15H,2,7-11H2,1H3;1H. The Balaban J connectivity index is 0.00000200. The van der Waals surface area contributed by atoms with E-state index >= 15 is 0 Å². The summed E-state index contributed by atoms with van der Waals surface area (Å²) in [6, 6.07) is 8.04. The first-order chi connectivity index (χ1) is 9.09. The van der Waals surface area contributed by atoms with Gasteiger partial charge < -0.3 is 10.1 Å². The van der Waals surface area contributed by atoms with Crippen molar-refractivity contribution in [2.24, 2.45) is 0 Å². The third-order valence-electron chi connectivity index (χ3n) is 3.22. The van der Waals surface area contributed by atoms with Crippen LogP contribution in [-0.4, -0.2) is 32.6 Å². The first-order valence-electron chi connectivity index (χ1n) is 6.74. The number of ether oxygens (including phenoxy) is 1. The number of halogens is 1. The molecule has 1 fully saturated rings. The third-order valence-corrected chi connectivity index (χ3v) is 4.99. The van der Waals surface area contributed by atoms with E-state index in [1.165, 1.54) is 0 Å². The minimum Gasteiger partial charge on any atom is -0.494 e. The molecule has 1 N–H and O–H groups in total. The Kier molecular flexibility index (Phi) is 6.79. The molecule has 0 aliphatic carbocycles. The maximum Gasteiger partial charge on any atom is 0.151 e. The maximum absolute atomic E-state index is 11.3. The molecule has 1 aromatic carbocycles. The molecule has 1 saturated heterocycles. The largest absolute Gasteiger partial charge is 0.494 e. The number of nitrogens with one attached hydrogen (secondary N) is 1. The van der Waals surface area contributed by atoms with Gasteiger partial charge in [-0.05, 0) is 30.5 Å². The van der Waals surface area contributed by atoms with Crippen LogP contribution in [0.5, 0.6) is 5.75 Å². The molecule has 114 valence electrons. The Labute approximate surface area is 127 Å². The predicted molar refractivity (Wildman–Crippen MR) is 83.4 cm³/mol. The molecule has 20 heavy (non-hydrogen) atoms. The van der Waals surface area contributed by atoms with E-state index in [2.05, 4.69) is 12.2 Å². The van der Waals surface area contributed by atoms with Gasteiger partial charge in [0.05, 0.1) is 18.1 Å². The van der Waals surface area contributed by atoms with Crippen molar-refractivity contribution in [2.75, 3.05) is 18.1 Å². The SMILES string of the molecule is CCCOc1ccc(CNC2CCS(=O)(=O)C2)cc1.Cl. The molecule has 0 amide bonds. The van der Waals surface area contributed by atoms with Crippen molar-refractivity contribution in [1.82, 2.24) is 5.32 Å². The minimum absolute atomic E-state index is 0. The normalized spacial score (nSPS) is 20.4. The van der Waals surface area contributed by atoms with Crippen LogP contribution >= 0.6 is 12.4 Å². The van der Waals surface area contributed by atoms with E-state index in [9.17, 15) is 8.42 Å². The molecule has 1 aliphatic rings. The average Bonchev–Trinajstić information content (AvgIpc) is 2.75. The second-order valence-electron chi connectivity index (χ2n) is 4.97. The molecule has 2 rings (SSSR count). The van der Waals surface area contributed by atoms with Crippen LogP contribution in [0.2, 0.25) is 0 Å². The molecule has 4 nitrogen and oxygen atoms in total. The van der Waals surface area contributed by atoms with E-state index in [1.807, 2.05) is 24.3 Å². The molecule has 1 aromatic rings. The van der Waals surface area contributed by atoms with E-state index in [0.29, 0.717) is 12.3 Å². The van der Waals surface area contributed by atoms with Crippen LogP contribution in [0.15, 0.2) is 24.3 Å². The Bertz CT molecular complexity index is 502. The van der Waals surface area contributed by atoms with Crippen molar-refractivity contribution in [1.29, 1.82) is 0 Å². The lowest BCUT2D eigenvalue weighted by atomic mass is 10.2. The van der Waals surface area contributed by atoms with Crippen LogP contribution in [0.3, 0.4) is 0 Å². The van der Waals surface area contributed by atoms with Crippen LogP contribution in [0.25, 0.3) is 0 Å². The highest BCUT2D eigenvalue weighted by Crippen LogP contribution is 2.14. The van der Waals surface area contributed by atoms with Gasteiger partial charge in [0.1, 0.15) is 5.75 Å². The van der Waals surface area contributed by atoms with E-state index in [1.54, 1.807) is 0 Å². The number of sulfone groups is 1. The molecule has 0 aromatic heterocycles. The van der Waals surface area contributed by atoms with Gasteiger partial charge in [-0.3, -0.25) is 0 Å². The first-order valence-corrected chi connectivity index (χ1v) is 8.57. The number of benzene rings is 1. The molecular formula is C14H22ClNO3S. The first kappa shape index (κ1) is 17.3. The summed E-state index contributed by atoms with van der Waals surface area (Å²) in [5, 5.41) is 3.30. The van der Waals surface area contributed by atoms with Gasteiger partial charge in [-0.1, -0.05) is 19.1 Å². The van der Waals surface area contributed by atoms with E-state index in [4.69, 9.17) is 4.74 Å². The van der Waals surface area contributed by atoms with E-state index in [0.717, 1.165) is 30.8 Å². The lowest BCUT2D eigenvalue weighted by Gasteiger charge is -2.11. The van der Waals surface area contributed by atoms with Crippen molar-refractivity contribution in [3.8, 4) is 5.75 Å². The highest BCUT2D eigenvalue weighted by atomic mass is 35.5. The molecule has 0 spiro atoms. The van der Waals surface area contributed by atoms with Gasteiger partial charge in [-0.2, -0.15) is 0 Å². The zero-order valence-electron chi connectivity index (χ0n) is 11.7. The number of rotatable bonds is 6. The van der Waals surface area contributed by atoms with E-state index < -0.39 is 9.84 Å². The Morgan fingerprint density at radius 1 is 1.30 bits per heavy atom. The third kappa shape index (κ3) is 5.31. The zero-order valence-corrected chi connectivity index (χ0v) is 13.3. The van der Waals surface area contributed by atoms with Crippen LogP contribution in [0, 0.1) is 0 Å². The van der Waals surface area contributed by atoms with Crippen molar-refractivity contribution < 1.29 is 13.2 Å². The fourth-order valence-electron chi connectivity index (χ4n) is 2.14. The Morgan fingerprint density at radius 3 is 2.55 bits per heavy atom. The summed E-state index contributed by atoms with van der Waals surface area (Å²) in [6.07, 6.45) is 1.72. The maximum atomic E-state index is 11.3. The average molecular weight is 320 g/mol. The van der Waals surface area contributed by atoms with Gasteiger partial charge in [0.2, 0.25) is 0 Å².